The number of carbonyl (C=O) groups is 2. The molecule has 2 aromatic carbocycles. The summed E-state index contributed by atoms with van der Waals surface area (Å²) in [6.07, 6.45) is 5.74. The number of nitrogens with zero attached hydrogens (tertiary/aromatic N) is 6. The zero-order valence-electron chi connectivity index (χ0n) is 27.1. The standard InChI is InChI=1S/C36H38ClFN6O4/c1-3-36(14-7-15-43(36)4-2)20-47-35-40-32-25(17-39-31(30(32)38)24-10-5-8-21-9-6-11-26(37)29(21)24)33(41-35)42-18-22-12-13-23(19-42)44(22)34(46)27-16-28(45)48-27/h5-6,8-11,17,22-23,27H,3-4,7,12-16,18-20H2,1-2H3/t22-,23+,27-,36?/m1/s1. The van der Waals surface area contributed by atoms with E-state index in [4.69, 9.17) is 31.0 Å². The monoisotopic (exact) mass is 672 g/mol. The van der Waals surface area contributed by atoms with E-state index in [2.05, 4.69) is 28.6 Å². The van der Waals surface area contributed by atoms with Gasteiger partial charge in [0.05, 0.1) is 17.3 Å². The molecule has 12 heteroatoms. The molecule has 48 heavy (non-hydrogen) atoms. The molecule has 4 atom stereocenters. The molecule has 4 aliphatic heterocycles. The summed E-state index contributed by atoms with van der Waals surface area (Å²) in [5.74, 6) is -0.514. The number of likely N-dealkylation sites (N-methyl/N-ethyl adjacent to an activating group) is 1. The first-order valence-electron chi connectivity index (χ1n) is 17.0. The van der Waals surface area contributed by atoms with E-state index in [1.807, 2.05) is 35.2 Å². The van der Waals surface area contributed by atoms with Gasteiger partial charge < -0.3 is 19.3 Å². The average Bonchev–Trinajstić information content (AvgIpc) is 3.62. The van der Waals surface area contributed by atoms with Gasteiger partial charge in [-0.3, -0.25) is 19.5 Å². The van der Waals surface area contributed by atoms with Gasteiger partial charge in [0.15, 0.2) is 11.9 Å². The van der Waals surface area contributed by atoms with Crippen LogP contribution < -0.4 is 9.64 Å². The molecular weight excluding hydrogens is 635 g/mol. The lowest BCUT2D eigenvalue weighted by Gasteiger charge is -2.43. The number of cyclic esters (lactones) is 1. The molecule has 2 aromatic heterocycles. The Hall–Kier alpha value is -4.09. The fraction of sp³-hybridized carbons (Fsp3) is 0.472. The molecule has 10 nitrogen and oxygen atoms in total. The number of fused-ring (bicyclic) bond motifs is 4. The SMILES string of the molecule is CCN1CCCC1(CC)COc1nc(N2C[C@H]3CC[C@@H](C2)N3C(=O)[C@H]2CC(=O)O2)c2cnc(-c3cccc4cccc(Cl)c34)c(F)c2n1. The Labute approximate surface area is 283 Å². The maximum atomic E-state index is 16.9. The number of rotatable bonds is 8. The number of hydrogen-bond acceptors (Lipinski definition) is 9. The number of anilines is 1. The van der Waals surface area contributed by atoms with Crippen molar-refractivity contribution in [2.45, 2.75) is 76.1 Å². The molecule has 0 N–H and O–H groups in total. The minimum atomic E-state index is -0.699. The van der Waals surface area contributed by atoms with Crippen LogP contribution in [-0.2, 0) is 14.3 Å². The lowest BCUT2D eigenvalue weighted by Crippen LogP contribution is -2.60. The number of hydrogen-bond donors (Lipinski definition) is 0. The number of pyridine rings is 1. The lowest BCUT2D eigenvalue weighted by atomic mass is 9.94. The lowest BCUT2D eigenvalue weighted by molar-refractivity contribution is -0.180. The van der Waals surface area contributed by atoms with Crippen LogP contribution in [-0.4, -0.2) is 93.1 Å². The van der Waals surface area contributed by atoms with Gasteiger partial charge in [-0.15, -0.1) is 0 Å². The summed E-state index contributed by atoms with van der Waals surface area (Å²) in [6.45, 7) is 7.67. The molecule has 0 aliphatic carbocycles. The maximum absolute atomic E-state index is 16.9. The summed E-state index contributed by atoms with van der Waals surface area (Å²) in [5.41, 5.74) is 0.725. The van der Waals surface area contributed by atoms with E-state index in [-0.39, 0.29) is 53.1 Å². The zero-order chi connectivity index (χ0) is 33.2. The van der Waals surface area contributed by atoms with Gasteiger partial charge in [0.25, 0.3) is 5.91 Å². The Balaban J connectivity index is 1.20. The van der Waals surface area contributed by atoms with E-state index in [0.717, 1.165) is 56.0 Å². The smallest absolute Gasteiger partial charge is 0.319 e. The van der Waals surface area contributed by atoms with Crippen molar-refractivity contribution in [3.63, 3.8) is 0 Å². The number of amides is 1. The molecule has 1 amide bonds. The number of carbonyl (C=O) groups excluding carboxylic acids is 2. The Morgan fingerprint density at radius 2 is 1.88 bits per heavy atom. The normalized spacial score (nSPS) is 25.5. The van der Waals surface area contributed by atoms with E-state index in [0.29, 0.717) is 41.5 Å². The first-order chi connectivity index (χ1) is 23.3. The predicted octanol–water partition coefficient (Wildman–Crippen LogP) is 5.78. The van der Waals surface area contributed by atoms with Crippen LogP contribution in [0, 0.1) is 5.82 Å². The van der Waals surface area contributed by atoms with Gasteiger partial charge in [-0.05, 0) is 56.6 Å². The number of ether oxygens (including phenoxy) is 2. The molecule has 4 fully saturated rings. The minimum absolute atomic E-state index is 0.0835. The molecule has 0 spiro atoms. The van der Waals surface area contributed by atoms with E-state index < -0.39 is 11.9 Å². The molecule has 6 heterocycles. The summed E-state index contributed by atoms with van der Waals surface area (Å²) in [7, 11) is 0. The molecule has 250 valence electrons. The highest BCUT2D eigenvalue weighted by molar-refractivity contribution is 6.36. The summed E-state index contributed by atoms with van der Waals surface area (Å²) in [6, 6.07) is 11.2. The third-order valence-electron chi connectivity index (χ3n) is 10.9. The van der Waals surface area contributed by atoms with Crippen molar-refractivity contribution >= 4 is 51.0 Å². The molecular formula is C36H38ClFN6O4. The van der Waals surface area contributed by atoms with Crippen LogP contribution in [0.3, 0.4) is 0 Å². The van der Waals surface area contributed by atoms with Gasteiger partial charge in [-0.25, -0.2) is 4.39 Å². The van der Waals surface area contributed by atoms with Crippen LogP contribution in [0.4, 0.5) is 10.2 Å². The molecule has 1 unspecified atom stereocenters. The summed E-state index contributed by atoms with van der Waals surface area (Å²) in [5, 5.41) is 2.59. The van der Waals surface area contributed by atoms with Gasteiger partial charge in [0.2, 0.25) is 0 Å². The van der Waals surface area contributed by atoms with Crippen molar-refractivity contribution in [1.82, 2.24) is 24.8 Å². The third kappa shape index (κ3) is 5.05. The van der Waals surface area contributed by atoms with Crippen LogP contribution in [0.1, 0.15) is 52.4 Å². The Kier molecular flexibility index (Phi) is 7.87. The first kappa shape index (κ1) is 31.2. The summed E-state index contributed by atoms with van der Waals surface area (Å²) < 4.78 is 28.4. The van der Waals surface area contributed by atoms with E-state index in [1.54, 1.807) is 12.3 Å². The molecule has 0 saturated carbocycles. The number of likely N-dealkylation sites (tertiary alicyclic amines) is 1. The Morgan fingerprint density at radius 1 is 1.12 bits per heavy atom. The Morgan fingerprint density at radius 3 is 2.58 bits per heavy atom. The molecule has 2 bridgehead atoms. The zero-order valence-corrected chi connectivity index (χ0v) is 27.9. The van der Waals surface area contributed by atoms with Crippen molar-refractivity contribution in [3.05, 3.63) is 53.4 Å². The maximum Gasteiger partial charge on any atom is 0.319 e. The van der Waals surface area contributed by atoms with E-state index in [9.17, 15) is 9.59 Å². The van der Waals surface area contributed by atoms with Gasteiger partial charge in [0, 0.05) is 47.3 Å². The fourth-order valence-corrected chi connectivity index (χ4v) is 8.68. The van der Waals surface area contributed by atoms with E-state index >= 15 is 4.39 Å². The number of esters is 1. The highest BCUT2D eigenvalue weighted by Gasteiger charge is 2.48. The summed E-state index contributed by atoms with van der Waals surface area (Å²) in [4.78, 5) is 45.4. The van der Waals surface area contributed by atoms with Gasteiger partial charge in [-0.1, -0.05) is 55.8 Å². The van der Waals surface area contributed by atoms with Crippen LogP contribution >= 0.6 is 11.6 Å². The molecule has 0 radical (unpaired) electrons. The minimum Gasteiger partial charge on any atom is -0.461 e. The van der Waals surface area contributed by atoms with Crippen molar-refractivity contribution in [3.8, 4) is 17.3 Å². The fourth-order valence-electron chi connectivity index (χ4n) is 8.40. The van der Waals surface area contributed by atoms with E-state index in [1.165, 1.54) is 0 Å². The highest BCUT2D eigenvalue weighted by atomic mass is 35.5. The van der Waals surface area contributed by atoms with Crippen molar-refractivity contribution in [2.24, 2.45) is 0 Å². The quantitative estimate of drug-likeness (QED) is 0.216. The van der Waals surface area contributed by atoms with Crippen LogP contribution in [0.2, 0.25) is 5.02 Å². The second kappa shape index (κ2) is 12.1. The van der Waals surface area contributed by atoms with Gasteiger partial charge in [0.1, 0.15) is 23.6 Å². The van der Waals surface area contributed by atoms with Gasteiger partial charge >= 0.3 is 12.0 Å². The van der Waals surface area contributed by atoms with Crippen molar-refractivity contribution in [2.75, 3.05) is 37.7 Å². The van der Waals surface area contributed by atoms with Crippen LogP contribution in [0.5, 0.6) is 6.01 Å². The number of halogens is 2. The number of piperazine rings is 1. The summed E-state index contributed by atoms with van der Waals surface area (Å²) >= 11 is 6.64. The highest BCUT2D eigenvalue weighted by Crippen LogP contribution is 2.40. The van der Waals surface area contributed by atoms with Gasteiger partial charge in [-0.2, -0.15) is 9.97 Å². The second-order valence-corrected chi connectivity index (χ2v) is 13.8. The Bertz CT molecular complexity index is 1920. The second-order valence-electron chi connectivity index (χ2n) is 13.4. The molecule has 4 aromatic rings. The number of benzene rings is 2. The topological polar surface area (TPSA) is 101 Å². The average molecular weight is 673 g/mol. The predicted molar refractivity (Wildman–Crippen MR) is 181 cm³/mol. The third-order valence-corrected chi connectivity index (χ3v) is 11.3. The van der Waals surface area contributed by atoms with Crippen LogP contribution in [0.15, 0.2) is 42.6 Å². The number of aromatic nitrogens is 3. The van der Waals surface area contributed by atoms with Crippen molar-refractivity contribution < 1.29 is 23.5 Å². The molecule has 4 saturated heterocycles. The first-order valence-corrected chi connectivity index (χ1v) is 17.4. The largest absolute Gasteiger partial charge is 0.461 e. The van der Waals surface area contributed by atoms with Crippen LogP contribution in [0.25, 0.3) is 32.9 Å². The molecule has 8 rings (SSSR count). The van der Waals surface area contributed by atoms with Crippen molar-refractivity contribution in [1.29, 1.82) is 0 Å². The molecule has 4 aliphatic rings.